The Bertz CT molecular complexity index is 303. The van der Waals surface area contributed by atoms with E-state index in [1.54, 1.807) is 0 Å². The van der Waals surface area contributed by atoms with Crippen LogP contribution in [0.2, 0.25) is 0 Å². The molecule has 0 spiro atoms. The third kappa shape index (κ3) is 4.87. The van der Waals surface area contributed by atoms with E-state index < -0.39 is 0 Å². The Balaban J connectivity index is 1.80. The fourth-order valence-electron chi connectivity index (χ4n) is 3.33. The average Bonchev–Trinajstić information content (AvgIpc) is 2.67. The number of carbonyl (C=O) groups excluding carboxylic acids is 1. The van der Waals surface area contributed by atoms with E-state index in [4.69, 9.17) is 0 Å². The number of likely N-dealkylation sites (tertiary alicyclic amines) is 1. The highest BCUT2D eigenvalue weighted by Crippen LogP contribution is 2.25. The molecular weight excluding hydrogens is 268 g/mol. The molecule has 3 nitrogen and oxygen atoms in total. The molecule has 2 fully saturated rings. The molecule has 2 rings (SSSR count). The molecule has 4 heteroatoms. The van der Waals surface area contributed by atoms with E-state index in [0.717, 1.165) is 44.0 Å². The van der Waals surface area contributed by atoms with Gasteiger partial charge in [-0.2, -0.15) is 11.8 Å². The van der Waals surface area contributed by atoms with Gasteiger partial charge in [0.2, 0.25) is 0 Å². The van der Waals surface area contributed by atoms with Crippen molar-refractivity contribution < 1.29 is 4.79 Å². The van der Waals surface area contributed by atoms with Crippen molar-refractivity contribution in [1.82, 2.24) is 10.2 Å². The van der Waals surface area contributed by atoms with Gasteiger partial charge in [-0.05, 0) is 50.2 Å². The zero-order valence-corrected chi connectivity index (χ0v) is 13.9. The summed E-state index contributed by atoms with van der Waals surface area (Å²) in [6.07, 6.45) is 8.54. The van der Waals surface area contributed by atoms with E-state index in [1.807, 2.05) is 11.8 Å². The standard InChI is InChI=1S/C16H30N2OS/c1-3-20-15-6-4-5-11-18(12-15)16(19)17-14-9-7-13(2)8-10-14/h13-15H,3-12H2,1-2H3,(H,17,19). The Hall–Kier alpha value is -0.380. The van der Waals surface area contributed by atoms with Gasteiger partial charge in [-0.15, -0.1) is 0 Å². The molecule has 1 atom stereocenters. The van der Waals surface area contributed by atoms with Crippen molar-refractivity contribution in [3.63, 3.8) is 0 Å². The van der Waals surface area contributed by atoms with Crippen molar-refractivity contribution in [2.75, 3.05) is 18.8 Å². The van der Waals surface area contributed by atoms with Gasteiger partial charge in [0, 0.05) is 24.4 Å². The van der Waals surface area contributed by atoms with E-state index in [0.29, 0.717) is 11.3 Å². The van der Waals surface area contributed by atoms with Crippen molar-refractivity contribution in [2.24, 2.45) is 5.92 Å². The first-order valence-electron chi connectivity index (χ1n) is 8.36. The zero-order chi connectivity index (χ0) is 14.4. The summed E-state index contributed by atoms with van der Waals surface area (Å²) in [6, 6.07) is 0.604. The summed E-state index contributed by atoms with van der Waals surface area (Å²) in [5, 5.41) is 3.92. The highest BCUT2D eigenvalue weighted by molar-refractivity contribution is 7.99. The first kappa shape index (κ1) is 16.0. The Morgan fingerprint density at radius 3 is 2.65 bits per heavy atom. The van der Waals surface area contributed by atoms with Crippen LogP contribution < -0.4 is 5.32 Å². The van der Waals surface area contributed by atoms with Gasteiger partial charge in [-0.25, -0.2) is 4.79 Å². The minimum absolute atomic E-state index is 0.188. The lowest BCUT2D eigenvalue weighted by Gasteiger charge is -2.30. The normalized spacial score (nSPS) is 31.7. The van der Waals surface area contributed by atoms with E-state index >= 15 is 0 Å². The third-order valence-corrected chi connectivity index (χ3v) is 5.85. The molecule has 1 saturated heterocycles. The van der Waals surface area contributed by atoms with Gasteiger partial charge < -0.3 is 10.2 Å². The van der Waals surface area contributed by atoms with Gasteiger partial charge in [-0.3, -0.25) is 0 Å². The molecule has 1 aliphatic heterocycles. The lowest BCUT2D eigenvalue weighted by Crippen LogP contribution is -2.47. The van der Waals surface area contributed by atoms with Crippen LogP contribution in [0.4, 0.5) is 4.79 Å². The number of thioether (sulfide) groups is 1. The van der Waals surface area contributed by atoms with Gasteiger partial charge in [0.1, 0.15) is 0 Å². The molecule has 2 amide bonds. The Labute approximate surface area is 128 Å². The summed E-state index contributed by atoms with van der Waals surface area (Å²) in [7, 11) is 0. The summed E-state index contributed by atoms with van der Waals surface area (Å²) in [6.45, 7) is 6.41. The molecule has 0 radical (unpaired) electrons. The fraction of sp³-hybridized carbons (Fsp3) is 0.938. The van der Waals surface area contributed by atoms with Crippen molar-refractivity contribution in [2.45, 2.75) is 70.1 Å². The van der Waals surface area contributed by atoms with Crippen LogP contribution in [0.15, 0.2) is 0 Å². The average molecular weight is 298 g/mol. The van der Waals surface area contributed by atoms with Gasteiger partial charge in [0.25, 0.3) is 0 Å². The Morgan fingerprint density at radius 1 is 1.20 bits per heavy atom. The number of amides is 2. The van der Waals surface area contributed by atoms with Gasteiger partial charge in [0.15, 0.2) is 0 Å². The number of urea groups is 1. The molecule has 1 saturated carbocycles. The lowest BCUT2D eigenvalue weighted by atomic mass is 9.87. The SMILES string of the molecule is CCSC1CCCCN(C(=O)NC2CCC(C)CC2)C1. The van der Waals surface area contributed by atoms with Crippen molar-refractivity contribution in [1.29, 1.82) is 0 Å². The van der Waals surface area contributed by atoms with Crippen LogP contribution >= 0.6 is 11.8 Å². The highest BCUT2D eigenvalue weighted by atomic mass is 32.2. The smallest absolute Gasteiger partial charge is 0.317 e. The van der Waals surface area contributed by atoms with Crippen LogP contribution in [0.3, 0.4) is 0 Å². The monoisotopic (exact) mass is 298 g/mol. The molecule has 2 aliphatic rings. The number of nitrogens with one attached hydrogen (secondary N) is 1. The minimum atomic E-state index is 0.188. The summed E-state index contributed by atoms with van der Waals surface area (Å²) >= 11 is 2.01. The number of rotatable bonds is 3. The molecule has 0 aromatic rings. The fourth-order valence-corrected chi connectivity index (χ4v) is 4.42. The van der Waals surface area contributed by atoms with Crippen LogP contribution in [-0.4, -0.2) is 41.1 Å². The first-order chi connectivity index (χ1) is 9.69. The largest absolute Gasteiger partial charge is 0.335 e. The first-order valence-corrected chi connectivity index (χ1v) is 9.41. The summed E-state index contributed by atoms with van der Waals surface area (Å²) in [5.74, 6) is 1.99. The minimum Gasteiger partial charge on any atom is -0.335 e. The number of carbonyl (C=O) groups is 1. The van der Waals surface area contributed by atoms with E-state index in [1.165, 1.54) is 25.7 Å². The number of hydrogen-bond donors (Lipinski definition) is 1. The highest BCUT2D eigenvalue weighted by Gasteiger charge is 2.25. The number of hydrogen-bond acceptors (Lipinski definition) is 2. The van der Waals surface area contributed by atoms with Gasteiger partial charge >= 0.3 is 6.03 Å². The molecule has 20 heavy (non-hydrogen) atoms. The van der Waals surface area contributed by atoms with Crippen LogP contribution in [0, 0.1) is 5.92 Å². The second kappa shape index (κ2) is 8.16. The Kier molecular flexibility index (Phi) is 6.53. The summed E-state index contributed by atoms with van der Waals surface area (Å²) in [5.41, 5.74) is 0. The van der Waals surface area contributed by atoms with Crippen LogP contribution in [-0.2, 0) is 0 Å². The molecule has 1 N–H and O–H groups in total. The van der Waals surface area contributed by atoms with Crippen molar-refractivity contribution in [3.8, 4) is 0 Å². The second-order valence-electron chi connectivity index (χ2n) is 6.43. The number of nitrogens with zero attached hydrogens (tertiary/aromatic N) is 1. The topological polar surface area (TPSA) is 32.3 Å². The predicted octanol–water partition coefficient (Wildman–Crippen LogP) is 3.88. The molecule has 1 aliphatic carbocycles. The van der Waals surface area contributed by atoms with E-state index in [9.17, 15) is 4.79 Å². The molecule has 1 heterocycles. The van der Waals surface area contributed by atoms with Gasteiger partial charge in [-0.1, -0.05) is 20.3 Å². The lowest BCUT2D eigenvalue weighted by molar-refractivity contribution is 0.189. The van der Waals surface area contributed by atoms with Crippen LogP contribution in [0.1, 0.15) is 58.8 Å². The van der Waals surface area contributed by atoms with E-state index in [-0.39, 0.29) is 6.03 Å². The van der Waals surface area contributed by atoms with Crippen LogP contribution in [0.5, 0.6) is 0 Å². The maximum atomic E-state index is 12.5. The zero-order valence-electron chi connectivity index (χ0n) is 13.1. The molecule has 0 aromatic carbocycles. The maximum Gasteiger partial charge on any atom is 0.317 e. The third-order valence-electron chi connectivity index (χ3n) is 4.66. The summed E-state index contributed by atoms with van der Waals surface area (Å²) in [4.78, 5) is 14.5. The van der Waals surface area contributed by atoms with Crippen molar-refractivity contribution >= 4 is 17.8 Å². The molecule has 1 unspecified atom stereocenters. The molecule has 0 bridgehead atoms. The molecule has 0 aromatic heterocycles. The van der Waals surface area contributed by atoms with Gasteiger partial charge in [0.05, 0.1) is 0 Å². The molecule has 116 valence electrons. The van der Waals surface area contributed by atoms with Crippen LogP contribution in [0.25, 0.3) is 0 Å². The summed E-state index contributed by atoms with van der Waals surface area (Å²) < 4.78 is 0. The second-order valence-corrected chi connectivity index (χ2v) is 8.00. The predicted molar refractivity (Wildman–Crippen MR) is 87.3 cm³/mol. The Morgan fingerprint density at radius 2 is 1.95 bits per heavy atom. The quantitative estimate of drug-likeness (QED) is 0.857. The maximum absolute atomic E-state index is 12.5. The molecular formula is C16H30N2OS. The van der Waals surface area contributed by atoms with Crippen molar-refractivity contribution in [3.05, 3.63) is 0 Å². The van der Waals surface area contributed by atoms with E-state index in [2.05, 4.69) is 24.1 Å².